The zero-order chi connectivity index (χ0) is 14.3. The lowest BCUT2D eigenvalue weighted by Gasteiger charge is -2.40. The monoisotopic (exact) mass is 267 g/mol. The average Bonchev–Trinajstić information content (AvgIpc) is 2.38. The number of unbranched alkanes of at least 4 members (excludes halogenated alkanes) is 4. The van der Waals surface area contributed by atoms with Gasteiger partial charge in [-0.25, -0.2) is 0 Å². The molecule has 0 aromatic carbocycles. The lowest BCUT2D eigenvalue weighted by Crippen LogP contribution is -2.41. The number of nitrogens with two attached hydrogens (primary N) is 1. The molecule has 2 N–H and O–H groups in total. The number of hydrogen-bond donors (Lipinski definition) is 1. The Morgan fingerprint density at radius 3 is 2.37 bits per heavy atom. The van der Waals surface area contributed by atoms with Crippen molar-refractivity contribution in [3.63, 3.8) is 0 Å². The predicted molar refractivity (Wildman–Crippen MR) is 86.2 cm³/mol. The molecule has 0 bridgehead atoms. The first-order valence-electron chi connectivity index (χ1n) is 8.81. The largest absolute Gasteiger partial charge is 0.327 e. The highest BCUT2D eigenvalue weighted by molar-refractivity contribution is 4.86. The van der Waals surface area contributed by atoms with E-state index in [1.165, 1.54) is 57.8 Å². The van der Waals surface area contributed by atoms with Crippen LogP contribution in [0.25, 0.3) is 0 Å². The second-order valence-corrected chi connectivity index (χ2v) is 7.37. The van der Waals surface area contributed by atoms with Crippen molar-refractivity contribution in [3.05, 3.63) is 0 Å². The molecule has 0 aliphatic heterocycles. The SMILES string of the molecule is CCCCCCCC1CC(C)CCC1C(N)C(C)C. The molecule has 0 heterocycles. The maximum atomic E-state index is 6.48. The lowest BCUT2D eigenvalue weighted by molar-refractivity contribution is 0.132. The molecule has 1 fully saturated rings. The van der Waals surface area contributed by atoms with Crippen molar-refractivity contribution in [2.24, 2.45) is 29.4 Å². The van der Waals surface area contributed by atoms with Crippen LogP contribution < -0.4 is 5.73 Å². The highest BCUT2D eigenvalue weighted by Crippen LogP contribution is 2.39. The van der Waals surface area contributed by atoms with Crippen molar-refractivity contribution in [2.75, 3.05) is 0 Å². The molecule has 1 saturated carbocycles. The Morgan fingerprint density at radius 2 is 1.74 bits per heavy atom. The summed E-state index contributed by atoms with van der Waals surface area (Å²) in [6, 6.07) is 0.424. The molecule has 1 rings (SSSR count). The zero-order valence-electron chi connectivity index (χ0n) is 13.8. The molecule has 1 nitrogen and oxygen atoms in total. The Morgan fingerprint density at radius 1 is 1.05 bits per heavy atom. The average molecular weight is 268 g/mol. The quantitative estimate of drug-likeness (QED) is 0.587. The summed E-state index contributed by atoms with van der Waals surface area (Å²) in [5.41, 5.74) is 6.48. The van der Waals surface area contributed by atoms with Crippen LogP contribution in [-0.2, 0) is 0 Å². The Bertz CT molecular complexity index is 224. The second kappa shape index (κ2) is 9.00. The summed E-state index contributed by atoms with van der Waals surface area (Å²) in [5.74, 6) is 3.27. The Kier molecular flexibility index (Phi) is 8.06. The Balaban J connectivity index is 2.39. The molecule has 19 heavy (non-hydrogen) atoms. The summed E-state index contributed by atoms with van der Waals surface area (Å²) >= 11 is 0. The van der Waals surface area contributed by atoms with Crippen molar-refractivity contribution in [2.45, 2.75) is 91.5 Å². The van der Waals surface area contributed by atoms with E-state index in [0.29, 0.717) is 12.0 Å². The van der Waals surface area contributed by atoms with E-state index >= 15 is 0 Å². The third-order valence-electron chi connectivity index (χ3n) is 5.25. The first-order valence-corrected chi connectivity index (χ1v) is 8.81. The third kappa shape index (κ3) is 5.85. The van der Waals surface area contributed by atoms with Gasteiger partial charge in [-0.2, -0.15) is 0 Å². The fourth-order valence-corrected chi connectivity index (χ4v) is 3.87. The van der Waals surface area contributed by atoms with Gasteiger partial charge >= 0.3 is 0 Å². The maximum absolute atomic E-state index is 6.48. The van der Waals surface area contributed by atoms with Crippen LogP contribution in [-0.4, -0.2) is 6.04 Å². The van der Waals surface area contributed by atoms with Crippen LogP contribution >= 0.6 is 0 Å². The van der Waals surface area contributed by atoms with E-state index in [4.69, 9.17) is 5.73 Å². The summed E-state index contributed by atoms with van der Waals surface area (Å²) in [4.78, 5) is 0. The smallest absolute Gasteiger partial charge is 0.00930 e. The minimum absolute atomic E-state index is 0.424. The molecular formula is C18H37N. The predicted octanol–water partition coefficient (Wildman–Crippen LogP) is 5.38. The fraction of sp³-hybridized carbons (Fsp3) is 1.00. The van der Waals surface area contributed by atoms with Gasteiger partial charge in [0.2, 0.25) is 0 Å². The Hall–Kier alpha value is -0.0400. The van der Waals surface area contributed by atoms with Gasteiger partial charge in [-0.15, -0.1) is 0 Å². The molecule has 0 saturated heterocycles. The minimum atomic E-state index is 0.424. The molecule has 1 aliphatic rings. The van der Waals surface area contributed by atoms with Crippen molar-refractivity contribution in [1.29, 1.82) is 0 Å². The van der Waals surface area contributed by atoms with Crippen molar-refractivity contribution in [3.8, 4) is 0 Å². The minimum Gasteiger partial charge on any atom is -0.327 e. The van der Waals surface area contributed by atoms with Crippen LogP contribution in [0.5, 0.6) is 0 Å². The van der Waals surface area contributed by atoms with E-state index in [-0.39, 0.29) is 0 Å². The van der Waals surface area contributed by atoms with Gasteiger partial charge in [0.1, 0.15) is 0 Å². The number of rotatable bonds is 8. The summed E-state index contributed by atoms with van der Waals surface area (Å²) in [6.07, 6.45) is 12.7. The van der Waals surface area contributed by atoms with Gasteiger partial charge in [0.25, 0.3) is 0 Å². The standard InChI is InChI=1S/C18H37N/c1-5-6-7-8-9-10-16-13-15(4)11-12-17(16)18(19)14(2)3/h14-18H,5-13,19H2,1-4H3. The summed E-state index contributed by atoms with van der Waals surface area (Å²) in [5, 5.41) is 0. The number of hydrogen-bond acceptors (Lipinski definition) is 1. The van der Waals surface area contributed by atoms with E-state index in [0.717, 1.165) is 17.8 Å². The fourth-order valence-electron chi connectivity index (χ4n) is 3.87. The van der Waals surface area contributed by atoms with E-state index < -0.39 is 0 Å². The summed E-state index contributed by atoms with van der Waals surface area (Å²) < 4.78 is 0. The van der Waals surface area contributed by atoms with Gasteiger partial charge in [-0.3, -0.25) is 0 Å². The molecule has 0 aromatic rings. The molecule has 0 aromatic heterocycles. The van der Waals surface area contributed by atoms with Crippen LogP contribution in [0.2, 0.25) is 0 Å². The topological polar surface area (TPSA) is 26.0 Å². The van der Waals surface area contributed by atoms with Crippen molar-refractivity contribution >= 4 is 0 Å². The van der Waals surface area contributed by atoms with Gasteiger partial charge in [0.15, 0.2) is 0 Å². The molecule has 1 aliphatic carbocycles. The molecule has 4 unspecified atom stereocenters. The molecule has 0 spiro atoms. The molecule has 4 atom stereocenters. The third-order valence-corrected chi connectivity index (χ3v) is 5.25. The highest BCUT2D eigenvalue weighted by Gasteiger charge is 2.33. The summed E-state index contributed by atoms with van der Waals surface area (Å²) in [6.45, 7) is 9.31. The summed E-state index contributed by atoms with van der Waals surface area (Å²) in [7, 11) is 0. The van der Waals surface area contributed by atoms with Crippen LogP contribution in [0.3, 0.4) is 0 Å². The van der Waals surface area contributed by atoms with Gasteiger partial charge in [-0.05, 0) is 36.5 Å². The van der Waals surface area contributed by atoms with Gasteiger partial charge < -0.3 is 5.73 Å². The molecule has 0 amide bonds. The van der Waals surface area contributed by atoms with Crippen LogP contribution in [0.15, 0.2) is 0 Å². The van der Waals surface area contributed by atoms with Gasteiger partial charge in [-0.1, -0.05) is 72.6 Å². The van der Waals surface area contributed by atoms with E-state index in [9.17, 15) is 0 Å². The van der Waals surface area contributed by atoms with Crippen molar-refractivity contribution in [1.82, 2.24) is 0 Å². The lowest BCUT2D eigenvalue weighted by atomic mass is 9.68. The zero-order valence-corrected chi connectivity index (χ0v) is 13.8. The molecular weight excluding hydrogens is 230 g/mol. The van der Waals surface area contributed by atoms with Gasteiger partial charge in [0.05, 0.1) is 0 Å². The van der Waals surface area contributed by atoms with Crippen LogP contribution in [0.4, 0.5) is 0 Å². The molecule has 1 heteroatoms. The first-order chi connectivity index (χ1) is 9.06. The Labute approximate surface area is 121 Å². The molecule has 114 valence electrons. The molecule has 0 radical (unpaired) electrons. The van der Waals surface area contributed by atoms with E-state index in [1.54, 1.807) is 0 Å². The second-order valence-electron chi connectivity index (χ2n) is 7.37. The highest BCUT2D eigenvalue weighted by atomic mass is 14.7. The van der Waals surface area contributed by atoms with E-state index in [2.05, 4.69) is 27.7 Å². The van der Waals surface area contributed by atoms with Gasteiger partial charge in [0, 0.05) is 6.04 Å². The van der Waals surface area contributed by atoms with E-state index in [1.807, 2.05) is 0 Å². The van der Waals surface area contributed by atoms with Crippen LogP contribution in [0, 0.1) is 23.7 Å². The van der Waals surface area contributed by atoms with Crippen molar-refractivity contribution < 1.29 is 0 Å². The first kappa shape index (κ1) is 17.0. The van der Waals surface area contributed by atoms with Crippen LogP contribution in [0.1, 0.15) is 85.5 Å². The maximum Gasteiger partial charge on any atom is 0.00930 e. The normalized spacial score (nSPS) is 29.7.